The fourth-order valence-corrected chi connectivity index (χ4v) is 2.74. The van der Waals surface area contributed by atoms with Crippen LogP contribution < -0.4 is 10.2 Å². The topological polar surface area (TPSA) is 49.4 Å². The molecule has 0 saturated carbocycles. The Morgan fingerprint density at radius 2 is 1.92 bits per heavy atom. The molecule has 128 valence electrons. The van der Waals surface area contributed by atoms with E-state index in [1.807, 2.05) is 24.3 Å². The van der Waals surface area contributed by atoms with E-state index in [4.69, 9.17) is 0 Å². The van der Waals surface area contributed by atoms with Crippen molar-refractivity contribution in [1.29, 1.82) is 0 Å². The van der Waals surface area contributed by atoms with Crippen molar-refractivity contribution in [1.82, 2.24) is 5.32 Å². The van der Waals surface area contributed by atoms with Gasteiger partial charge in [-0.25, -0.2) is 4.39 Å². The van der Waals surface area contributed by atoms with Crippen LogP contribution in [0.15, 0.2) is 54.6 Å². The fraction of sp³-hybridized carbons (Fsp3) is 0.200. The highest BCUT2D eigenvalue weighted by molar-refractivity contribution is 5.95. The molecule has 3 rings (SSSR count). The van der Waals surface area contributed by atoms with Gasteiger partial charge in [0.15, 0.2) is 0 Å². The predicted octanol–water partition coefficient (Wildman–Crippen LogP) is 3.28. The van der Waals surface area contributed by atoms with Gasteiger partial charge in [0.1, 0.15) is 5.82 Å². The Kier molecular flexibility index (Phi) is 5.23. The average Bonchev–Trinajstić information content (AvgIpc) is 3.06. The number of nitrogens with zero attached hydrogens (tertiary/aromatic N) is 1. The Balaban J connectivity index is 1.54. The zero-order valence-electron chi connectivity index (χ0n) is 13.7. The molecule has 2 aromatic rings. The lowest BCUT2D eigenvalue weighted by Gasteiger charge is -2.15. The van der Waals surface area contributed by atoms with Gasteiger partial charge in [-0.2, -0.15) is 0 Å². The second-order valence-corrected chi connectivity index (χ2v) is 5.89. The molecule has 0 unspecified atom stereocenters. The van der Waals surface area contributed by atoms with E-state index >= 15 is 0 Å². The second-order valence-electron chi connectivity index (χ2n) is 5.89. The maximum atomic E-state index is 13.5. The summed E-state index contributed by atoms with van der Waals surface area (Å²) in [7, 11) is 0. The molecule has 2 aromatic carbocycles. The van der Waals surface area contributed by atoms with Crippen molar-refractivity contribution in [2.45, 2.75) is 19.4 Å². The normalized spacial score (nSPS) is 14.3. The van der Waals surface area contributed by atoms with Gasteiger partial charge in [-0.1, -0.05) is 30.3 Å². The van der Waals surface area contributed by atoms with Gasteiger partial charge in [0.2, 0.25) is 11.8 Å². The summed E-state index contributed by atoms with van der Waals surface area (Å²) in [4.78, 5) is 25.3. The molecule has 0 aromatic heterocycles. The number of carbonyl (C=O) groups excluding carboxylic acids is 2. The highest BCUT2D eigenvalue weighted by Crippen LogP contribution is 2.21. The summed E-state index contributed by atoms with van der Waals surface area (Å²) in [5.41, 5.74) is 2.19. The number of anilines is 1. The van der Waals surface area contributed by atoms with E-state index < -0.39 is 0 Å². The molecule has 0 bridgehead atoms. The average molecular weight is 338 g/mol. The number of rotatable bonds is 5. The van der Waals surface area contributed by atoms with Gasteiger partial charge >= 0.3 is 0 Å². The summed E-state index contributed by atoms with van der Waals surface area (Å²) in [6.07, 6.45) is 4.26. The number of hydrogen-bond acceptors (Lipinski definition) is 2. The van der Waals surface area contributed by atoms with E-state index in [1.165, 1.54) is 18.2 Å². The molecular formula is C20H19FN2O2. The summed E-state index contributed by atoms with van der Waals surface area (Å²) < 4.78 is 13.5. The third-order valence-corrected chi connectivity index (χ3v) is 4.11. The molecule has 0 radical (unpaired) electrons. The molecule has 5 heteroatoms. The molecule has 0 atom stereocenters. The first-order valence-corrected chi connectivity index (χ1v) is 8.23. The zero-order chi connectivity index (χ0) is 17.6. The predicted molar refractivity (Wildman–Crippen MR) is 95.3 cm³/mol. The molecule has 4 nitrogen and oxygen atoms in total. The van der Waals surface area contributed by atoms with Crippen LogP contribution in [0, 0.1) is 5.82 Å². The van der Waals surface area contributed by atoms with Gasteiger partial charge in [0.05, 0.1) is 0 Å². The first kappa shape index (κ1) is 16.9. The lowest BCUT2D eigenvalue weighted by molar-refractivity contribution is -0.117. The lowest BCUT2D eigenvalue weighted by atomic mass is 10.2. The maximum Gasteiger partial charge on any atom is 0.244 e. The molecule has 25 heavy (non-hydrogen) atoms. The Morgan fingerprint density at radius 3 is 2.60 bits per heavy atom. The summed E-state index contributed by atoms with van der Waals surface area (Å²) in [5, 5.41) is 2.76. The first-order chi connectivity index (χ1) is 12.1. The molecule has 1 heterocycles. The van der Waals surface area contributed by atoms with Crippen LogP contribution >= 0.6 is 0 Å². The van der Waals surface area contributed by atoms with E-state index in [0.717, 1.165) is 24.2 Å². The van der Waals surface area contributed by atoms with Crippen molar-refractivity contribution in [3.63, 3.8) is 0 Å². The Labute approximate surface area is 146 Å². The quantitative estimate of drug-likeness (QED) is 0.851. The Hall–Kier alpha value is -2.95. The van der Waals surface area contributed by atoms with Crippen LogP contribution in [-0.4, -0.2) is 18.4 Å². The van der Waals surface area contributed by atoms with E-state index in [1.54, 1.807) is 23.1 Å². The molecule has 1 aliphatic rings. The molecule has 2 amide bonds. The standard InChI is InChI=1S/C20H19FN2O2/c21-18-5-2-1-4-16(18)9-12-19(24)22-14-15-7-10-17(11-8-15)23-13-3-6-20(23)25/h1-2,4-5,7-12H,3,6,13-14H2,(H,22,24)/b12-9+. The molecular weight excluding hydrogens is 319 g/mol. The minimum absolute atomic E-state index is 0.152. The largest absolute Gasteiger partial charge is 0.348 e. The minimum Gasteiger partial charge on any atom is -0.348 e. The SMILES string of the molecule is O=C(/C=C/c1ccccc1F)NCc1ccc(N2CCCC2=O)cc1. The number of hydrogen-bond donors (Lipinski definition) is 1. The van der Waals surface area contributed by atoms with Crippen LogP contribution in [0.25, 0.3) is 6.08 Å². The third-order valence-electron chi connectivity index (χ3n) is 4.11. The van der Waals surface area contributed by atoms with Gasteiger partial charge in [-0.3, -0.25) is 9.59 Å². The number of amides is 2. The third kappa shape index (κ3) is 4.32. The van der Waals surface area contributed by atoms with Crippen molar-refractivity contribution < 1.29 is 14.0 Å². The first-order valence-electron chi connectivity index (χ1n) is 8.23. The van der Waals surface area contributed by atoms with Crippen LogP contribution in [0.1, 0.15) is 24.0 Å². The van der Waals surface area contributed by atoms with Crippen molar-refractivity contribution in [3.05, 3.63) is 71.6 Å². The molecule has 1 N–H and O–H groups in total. The monoisotopic (exact) mass is 338 g/mol. The summed E-state index contributed by atoms with van der Waals surface area (Å²) in [6.45, 7) is 1.13. The van der Waals surface area contributed by atoms with Crippen molar-refractivity contribution in [2.75, 3.05) is 11.4 Å². The van der Waals surface area contributed by atoms with Crippen LogP contribution in [-0.2, 0) is 16.1 Å². The number of halogens is 1. The zero-order valence-corrected chi connectivity index (χ0v) is 13.7. The molecule has 0 spiro atoms. The van der Waals surface area contributed by atoms with Crippen molar-refractivity contribution >= 4 is 23.6 Å². The Bertz CT molecular complexity index is 800. The van der Waals surface area contributed by atoms with Gasteiger partial charge in [-0.05, 0) is 36.3 Å². The number of carbonyl (C=O) groups is 2. The van der Waals surface area contributed by atoms with Crippen molar-refractivity contribution in [3.8, 4) is 0 Å². The van der Waals surface area contributed by atoms with Gasteiger partial charge < -0.3 is 10.2 Å². The van der Waals surface area contributed by atoms with Crippen LogP contribution in [0.3, 0.4) is 0 Å². The summed E-state index contributed by atoms with van der Waals surface area (Å²) in [6, 6.07) is 13.8. The number of nitrogens with one attached hydrogen (secondary N) is 1. The summed E-state index contributed by atoms with van der Waals surface area (Å²) >= 11 is 0. The van der Waals surface area contributed by atoms with E-state index in [2.05, 4.69) is 5.32 Å². The highest BCUT2D eigenvalue weighted by Gasteiger charge is 2.21. The van der Waals surface area contributed by atoms with E-state index in [9.17, 15) is 14.0 Å². The molecule has 1 fully saturated rings. The minimum atomic E-state index is -0.362. The maximum absolute atomic E-state index is 13.5. The summed E-state index contributed by atoms with van der Waals surface area (Å²) in [5.74, 6) is -0.500. The van der Waals surface area contributed by atoms with E-state index in [-0.39, 0.29) is 17.6 Å². The molecule has 1 saturated heterocycles. The smallest absolute Gasteiger partial charge is 0.244 e. The highest BCUT2D eigenvalue weighted by atomic mass is 19.1. The van der Waals surface area contributed by atoms with Gasteiger partial charge in [0.25, 0.3) is 0 Å². The second kappa shape index (κ2) is 7.75. The van der Waals surface area contributed by atoms with Crippen molar-refractivity contribution in [2.24, 2.45) is 0 Å². The lowest BCUT2D eigenvalue weighted by Crippen LogP contribution is -2.23. The van der Waals surface area contributed by atoms with E-state index in [0.29, 0.717) is 18.5 Å². The Morgan fingerprint density at radius 1 is 1.16 bits per heavy atom. The van der Waals surface area contributed by atoms with Crippen LogP contribution in [0.2, 0.25) is 0 Å². The van der Waals surface area contributed by atoms with Gasteiger partial charge in [-0.15, -0.1) is 0 Å². The number of benzene rings is 2. The molecule has 0 aliphatic carbocycles. The van der Waals surface area contributed by atoms with Crippen LogP contribution in [0.4, 0.5) is 10.1 Å². The van der Waals surface area contributed by atoms with Gasteiger partial charge in [0, 0.05) is 36.8 Å². The molecule has 1 aliphatic heterocycles. The van der Waals surface area contributed by atoms with Crippen LogP contribution in [0.5, 0.6) is 0 Å². The fourth-order valence-electron chi connectivity index (χ4n) is 2.74.